The predicted octanol–water partition coefficient (Wildman–Crippen LogP) is -1.34. The van der Waals surface area contributed by atoms with Gasteiger partial charge in [-0.05, 0) is 19.3 Å². The first-order valence-corrected chi connectivity index (χ1v) is 13.1. The fraction of sp³-hybridized carbons (Fsp3) is 0.818. The van der Waals surface area contributed by atoms with Crippen LogP contribution in [0.1, 0.15) is 70.6 Å². The number of Topliss-reactive ketones (excluding diaryl/α,β-unsaturated/α-hetero) is 1. The molecule has 180 valence electrons. The van der Waals surface area contributed by atoms with Gasteiger partial charge in [0.2, 0.25) is 5.78 Å². The van der Waals surface area contributed by atoms with E-state index in [2.05, 4.69) is 6.58 Å². The van der Waals surface area contributed by atoms with Crippen molar-refractivity contribution in [3.63, 3.8) is 0 Å². The number of ketones is 1. The van der Waals surface area contributed by atoms with Crippen molar-refractivity contribution in [2.45, 2.75) is 76.7 Å². The minimum absolute atomic E-state index is 0. The van der Waals surface area contributed by atoms with Gasteiger partial charge in [-0.3, -0.25) is 14.3 Å². The van der Waals surface area contributed by atoms with Crippen molar-refractivity contribution in [3.8, 4) is 0 Å². The third-order valence-electron chi connectivity index (χ3n) is 5.50. The molecule has 0 fully saturated rings. The fourth-order valence-electron chi connectivity index (χ4n) is 3.99. The average molecular weight is 484 g/mol. The van der Waals surface area contributed by atoms with E-state index in [4.69, 9.17) is 0 Å². The molecule has 2 N–H and O–H groups in total. The van der Waals surface area contributed by atoms with E-state index in [0.29, 0.717) is 31.9 Å². The zero-order valence-electron chi connectivity index (χ0n) is 19.7. The van der Waals surface area contributed by atoms with Crippen LogP contribution in [0.2, 0.25) is 0 Å². The second kappa shape index (κ2) is 18.1. The molecule has 32 heavy (non-hydrogen) atoms. The van der Waals surface area contributed by atoms with Crippen LogP contribution in [0.5, 0.6) is 0 Å². The summed E-state index contributed by atoms with van der Waals surface area (Å²) in [6.07, 6.45) is 12.3. The summed E-state index contributed by atoms with van der Waals surface area (Å²) < 4.78 is 34.3. The molecule has 1 atom stereocenters. The van der Waals surface area contributed by atoms with E-state index in [1.165, 1.54) is 38.5 Å². The molecule has 0 aliphatic carbocycles. The minimum atomic E-state index is -4.54. The first-order chi connectivity index (χ1) is 14.8. The molecule has 0 spiro atoms. The summed E-state index contributed by atoms with van der Waals surface area (Å²) >= 11 is 0. The van der Waals surface area contributed by atoms with Crippen LogP contribution in [0.3, 0.4) is 0 Å². The number of nitrogens with zero attached hydrogens (tertiary/aromatic N) is 2. The Labute approximate surface area is 215 Å². The molecule has 0 bridgehead atoms. The van der Waals surface area contributed by atoms with Crippen molar-refractivity contribution in [1.29, 1.82) is 0 Å². The molecule has 10 heteroatoms. The maximum absolute atomic E-state index is 12.8. The van der Waals surface area contributed by atoms with Crippen molar-refractivity contribution in [2.75, 3.05) is 38.5 Å². The summed E-state index contributed by atoms with van der Waals surface area (Å²) in [6.45, 7) is 4.82. The van der Waals surface area contributed by atoms with Crippen LogP contribution in [-0.2, 0) is 14.9 Å². The summed E-state index contributed by atoms with van der Waals surface area (Å²) in [4.78, 5) is 14.6. The maximum Gasteiger partial charge on any atom is 1.00 e. The second-order valence-electron chi connectivity index (χ2n) is 8.29. The number of aliphatic hydroxyl groups excluding tert-OH is 2. The Hall–Kier alpha value is -0.290. The molecular formula is C22H40N2NaO6S+. The van der Waals surface area contributed by atoms with Gasteiger partial charge in [0, 0.05) is 6.42 Å². The topological polar surface area (TPSA) is 121 Å². The average Bonchev–Trinajstić information content (AvgIpc) is 3.06. The number of hydrogen-bond acceptors (Lipinski definition) is 7. The van der Waals surface area contributed by atoms with Crippen LogP contribution in [0, 0.1) is 0 Å². The van der Waals surface area contributed by atoms with Gasteiger partial charge >= 0.3 is 35.4 Å². The molecule has 0 amide bonds. The van der Waals surface area contributed by atoms with E-state index < -0.39 is 22.0 Å². The van der Waals surface area contributed by atoms with E-state index in [9.17, 15) is 28.0 Å². The standard InChI is InChI=1S/C22H40N2O6S.Na/c1-2-3-4-5-6-7-8-9-10-11-12-13-21(27)22-23(16-17-25)14-15-24(22)18-20(26)19-31(28,29)30;/h2,20,25-26H,1,3-19H2;/q;+1. The van der Waals surface area contributed by atoms with Gasteiger partial charge in [-0.15, -0.1) is 6.58 Å². The third kappa shape index (κ3) is 14.1. The predicted molar refractivity (Wildman–Crippen MR) is 120 cm³/mol. The number of β-amino-alcohol motifs (C(OH)–C–C–N with tert-alkyl or cyclic N) is 2. The molecule has 1 aliphatic heterocycles. The van der Waals surface area contributed by atoms with Gasteiger partial charge < -0.3 is 14.8 Å². The van der Waals surface area contributed by atoms with Gasteiger partial charge in [-0.2, -0.15) is 0 Å². The van der Waals surface area contributed by atoms with E-state index in [1.807, 2.05) is 6.08 Å². The molecule has 0 saturated carbocycles. The zero-order valence-corrected chi connectivity index (χ0v) is 22.5. The molecular weight excluding hydrogens is 443 g/mol. The van der Waals surface area contributed by atoms with E-state index in [1.54, 1.807) is 9.48 Å². The number of hydrogen-bond donors (Lipinski definition) is 2. The molecule has 0 saturated heterocycles. The molecule has 0 aromatic carbocycles. The van der Waals surface area contributed by atoms with Gasteiger partial charge in [0.05, 0.1) is 22.5 Å². The molecule has 8 nitrogen and oxygen atoms in total. The van der Waals surface area contributed by atoms with Gasteiger partial charge in [-0.25, -0.2) is 8.42 Å². The van der Waals surface area contributed by atoms with Crippen molar-refractivity contribution >= 4 is 21.7 Å². The number of rotatable bonds is 19. The van der Waals surface area contributed by atoms with Crippen LogP contribution in [0.15, 0.2) is 12.7 Å². The Morgan fingerprint density at radius 1 is 1.12 bits per heavy atom. The monoisotopic (exact) mass is 483 g/mol. The van der Waals surface area contributed by atoms with E-state index in [0.717, 1.165) is 25.7 Å². The summed E-state index contributed by atoms with van der Waals surface area (Å²) in [5.74, 6) is -0.527. The molecule has 1 unspecified atom stereocenters. The first kappa shape index (κ1) is 31.7. The van der Waals surface area contributed by atoms with Crippen LogP contribution in [0.25, 0.3) is 0 Å². The maximum atomic E-state index is 12.8. The molecule has 1 rings (SSSR count). The number of carbonyl (C=O) groups excluding carboxylic acids is 1. The largest absolute Gasteiger partial charge is 1.00 e. The second-order valence-corrected chi connectivity index (χ2v) is 9.74. The third-order valence-corrected chi connectivity index (χ3v) is 6.29. The first-order valence-electron chi connectivity index (χ1n) is 11.5. The van der Waals surface area contributed by atoms with Crippen LogP contribution in [-0.4, -0.2) is 88.9 Å². The summed E-state index contributed by atoms with van der Waals surface area (Å²) in [7, 11) is -4.54. The molecule has 1 aliphatic rings. The smallest absolute Gasteiger partial charge is 0.748 e. The quantitative estimate of drug-likeness (QED) is 0.0767. The number of aliphatic hydroxyl groups is 2. The zero-order chi connectivity index (χ0) is 23.1. The van der Waals surface area contributed by atoms with Crippen molar-refractivity contribution < 1.29 is 62.1 Å². The Bertz CT molecular complexity index is 684. The van der Waals surface area contributed by atoms with Gasteiger partial charge in [0.1, 0.15) is 32.3 Å². The number of unbranched alkanes of at least 4 members (excludes halogenated alkanes) is 9. The summed E-state index contributed by atoms with van der Waals surface area (Å²) in [5, 5.41) is 19.2. The van der Waals surface area contributed by atoms with Gasteiger partial charge in [-0.1, -0.05) is 51.0 Å². The van der Waals surface area contributed by atoms with E-state index in [-0.39, 0.29) is 48.5 Å². The van der Waals surface area contributed by atoms with Gasteiger partial charge in [0.15, 0.2) is 0 Å². The van der Waals surface area contributed by atoms with Crippen molar-refractivity contribution in [3.05, 3.63) is 12.7 Å². The van der Waals surface area contributed by atoms with Gasteiger partial charge in [0.25, 0.3) is 0 Å². The Morgan fingerprint density at radius 3 is 2.22 bits per heavy atom. The van der Waals surface area contributed by atoms with Crippen molar-refractivity contribution in [1.82, 2.24) is 4.90 Å². The minimum Gasteiger partial charge on any atom is -0.748 e. The summed E-state index contributed by atoms with van der Waals surface area (Å²) in [6, 6.07) is 0. The Morgan fingerprint density at radius 2 is 1.69 bits per heavy atom. The number of amidine groups is 1. The summed E-state index contributed by atoms with van der Waals surface area (Å²) in [5.41, 5.74) is 0. The molecule has 0 radical (unpaired) electrons. The Kier molecular flexibility index (Phi) is 17.9. The fourth-order valence-corrected chi connectivity index (χ4v) is 4.56. The SMILES string of the molecule is C=CCCCCCCCCCCCC(=O)C1=[N+](CC(O)CS(=O)(=O)[O-])CCN1CCO.[Na+]. The van der Waals surface area contributed by atoms with E-state index >= 15 is 0 Å². The number of carbonyl (C=O) groups is 1. The normalized spacial score (nSPS) is 15.0. The number of allylic oxidation sites excluding steroid dienone is 1. The van der Waals surface area contributed by atoms with Crippen molar-refractivity contribution in [2.24, 2.45) is 0 Å². The van der Waals surface area contributed by atoms with Crippen LogP contribution < -0.4 is 29.6 Å². The molecule has 0 aromatic heterocycles. The Balaban J connectivity index is 0.00000961. The van der Waals surface area contributed by atoms with Crippen LogP contribution >= 0.6 is 0 Å². The molecule has 0 aromatic rings. The van der Waals surface area contributed by atoms with Crippen LogP contribution in [0.4, 0.5) is 0 Å². The molecule has 1 heterocycles.